The Kier molecular flexibility index (Phi) is 2.02. The maximum Gasteiger partial charge on any atom is 0.511 e. The van der Waals surface area contributed by atoms with Crippen LogP contribution in [0.15, 0.2) is 12.4 Å². The van der Waals surface area contributed by atoms with E-state index in [1.807, 2.05) is 20.8 Å². The third-order valence-corrected chi connectivity index (χ3v) is 1.21. The van der Waals surface area contributed by atoms with Crippen LogP contribution in [0.5, 0.6) is 0 Å². The van der Waals surface area contributed by atoms with Crippen LogP contribution in [0.1, 0.15) is 20.8 Å². The Bertz CT molecular complexity index is 266. The molecule has 0 unspecified atom stereocenters. The van der Waals surface area contributed by atoms with Crippen LogP contribution in [0, 0.1) is 0 Å². The van der Waals surface area contributed by atoms with E-state index in [1.165, 1.54) is 4.57 Å². The van der Waals surface area contributed by atoms with Gasteiger partial charge < -0.3 is 10.5 Å². The van der Waals surface area contributed by atoms with Gasteiger partial charge in [-0.25, -0.2) is 4.79 Å². The molecule has 0 amide bonds. The summed E-state index contributed by atoms with van der Waals surface area (Å²) in [6.45, 7) is 5.50. The number of aromatic nitrogens is 1. The van der Waals surface area contributed by atoms with Crippen LogP contribution in [0.2, 0.25) is 0 Å². The largest absolute Gasteiger partial charge is 0.511 e. The highest BCUT2D eigenvalue weighted by molar-refractivity contribution is 5.58. The number of ether oxygens (including phenoxy) is 1. The van der Waals surface area contributed by atoms with Crippen molar-refractivity contribution in [3.05, 3.63) is 12.4 Å². The van der Waals surface area contributed by atoms with Gasteiger partial charge in [0, 0.05) is 0 Å². The Morgan fingerprint density at radius 2 is 2.17 bits per heavy atom. The zero-order valence-electron chi connectivity index (χ0n) is 7.63. The summed E-state index contributed by atoms with van der Waals surface area (Å²) >= 11 is 0. The molecule has 68 valence electrons. The number of carbonyl (C=O) groups is 1. The fourth-order valence-corrected chi connectivity index (χ4v) is 0.766. The lowest BCUT2D eigenvalue weighted by atomic mass is 10.2. The van der Waals surface area contributed by atoms with Crippen molar-refractivity contribution in [1.29, 1.82) is 0 Å². The first-order valence-electron chi connectivity index (χ1n) is 3.78. The van der Waals surface area contributed by atoms with Crippen molar-refractivity contribution in [3.63, 3.8) is 0 Å². The lowest BCUT2D eigenvalue weighted by Gasteiger charge is -2.21. The molecule has 0 aliphatic heterocycles. The molecule has 3 N–H and O–H groups in total. The van der Waals surface area contributed by atoms with Crippen molar-refractivity contribution in [3.8, 4) is 0 Å². The molecule has 4 heteroatoms. The first kappa shape index (κ1) is 8.93. The third kappa shape index (κ3) is 2.17. The second-order valence-corrected chi connectivity index (χ2v) is 3.72. The first-order chi connectivity index (χ1) is 5.38. The molecule has 0 bridgehead atoms. The van der Waals surface area contributed by atoms with E-state index < -0.39 is 5.60 Å². The maximum atomic E-state index is 11.2. The van der Waals surface area contributed by atoms with Gasteiger partial charge in [0.05, 0.1) is 5.60 Å². The lowest BCUT2D eigenvalue weighted by molar-refractivity contribution is -0.609. The molecular weight excluding hydrogens is 156 g/mol. The predicted octanol–water partition coefficient (Wildman–Crippen LogP) is 0.0685. The molecule has 0 fully saturated rings. The number of carbonyl (C=O) groups excluding carboxylic acids is 1. The van der Waals surface area contributed by atoms with E-state index >= 15 is 0 Å². The number of hydrogen-bond acceptors (Lipinski definition) is 2. The third-order valence-electron chi connectivity index (χ3n) is 1.21. The summed E-state index contributed by atoms with van der Waals surface area (Å²) in [4.78, 5) is 11.2. The molecule has 0 aromatic carbocycles. The van der Waals surface area contributed by atoms with Gasteiger partial charge in [-0.05, 0) is 33.2 Å². The molecule has 1 rings (SSSR count). The summed E-state index contributed by atoms with van der Waals surface area (Å²) in [6, 6.07) is 0. The molecule has 0 atom stereocenters. The van der Waals surface area contributed by atoms with Crippen LogP contribution in [0.4, 0.5) is 10.5 Å². The Morgan fingerprint density at radius 3 is 2.50 bits per heavy atom. The van der Waals surface area contributed by atoms with Crippen LogP contribution in [-0.4, -0.2) is 11.7 Å². The zero-order valence-corrected chi connectivity index (χ0v) is 7.63. The Balaban J connectivity index is 2.53. The molecule has 0 aliphatic rings. The monoisotopic (exact) mass is 170 g/mol. The molecule has 12 heavy (non-hydrogen) atoms. The quantitative estimate of drug-likeness (QED) is 0.442. The topological polar surface area (TPSA) is 57.8 Å². The SMILES string of the molecule is CC(C)(C)OC(=O)[n+]1c[c-]([NH3+])[cH-]1. The average molecular weight is 170 g/mol. The van der Waals surface area contributed by atoms with E-state index in [4.69, 9.17) is 4.74 Å². The molecular formula is C8H14N2O2. The van der Waals surface area contributed by atoms with Gasteiger partial charge in [-0.15, -0.1) is 5.69 Å². The molecule has 0 radical (unpaired) electrons. The van der Waals surface area contributed by atoms with E-state index in [-0.39, 0.29) is 6.09 Å². The van der Waals surface area contributed by atoms with E-state index in [1.54, 1.807) is 12.4 Å². The number of quaternary nitrogens is 1. The average Bonchev–Trinajstić information content (AvgIpc) is 1.76. The summed E-state index contributed by atoms with van der Waals surface area (Å²) in [5.74, 6) is 0. The fraction of sp³-hybridized carbons (Fsp3) is 0.500. The molecule has 1 aromatic rings. The fourth-order valence-electron chi connectivity index (χ4n) is 0.766. The predicted molar refractivity (Wildman–Crippen MR) is 42.0 cm³/mol. The van der Waals surface area contributed by atoms with Crippen LogP contribution in [0.3, 0.4) is 0 Å². The van der Waals surface area contributed by atoms with Gasteiger partial charge in [0.25, 0.3) is 0 Å². The normalized spacial score (nSPS) is 11.7. The highest BCUT2D eigenvalue weighted by Crippen LogP contribution is 2.07. The van der Waals surface area contributed by atoms with Crippen molar-refractivity contribution < 1.29 is 19.8 Å². The summed E-state index contributed by atoms with van der Waals surface area (Å²) in [5, 5.41) is 0. The molecule has 1 aromatic heterocycles. The molecule has 0 aliphatic carbocycles. The number of rotatable bonds is 0. The lowest BCUT2D eigenvalue weighted by Crippen LogP contribution is -2.55. The van der Waals surface area contributed by atoms with E-state index in [0.717, 1.165) is 5.69 Å². The molecule has 1 heterocycles. The van der Waals surface area contributed by atoms with Gasteiger partial charge in [0.1, 0.15) is 0 Å². The van der Waals surface area contributed by atoms with Crippen molar-refractivity contribution >= 4 is 11.8 Å². The first-order valence-corrected chi connectivity index (χ1v) is 3.78. The van der Waals surface area contributed by atoms with Crippen LogP contribution >= 0.6 is 0 Å². The molecule has 0 saturated carbocycles. The van der Waals surface area contributed by atoms with Crippen molar-refractivity contribution in [2.75, 3.05) is 0 Å². The number of nitrogens with zero attached hydrogens (tertiary/aromatic N) is 1. The van der Waals surface area contributed by atoms with Gasteiger partial charge in [-0.2, -0.15) is 0 Å². The summed E-state index contributed by atoms with van der Waals surface area (Å²) in [6.07, 6.45) is 2.91. The summed E-state index contributed by atoms with van der Waals surface area (Å²) < 4.78 is 6.46. The van der Waals surface area contributed by atoms with Gasteiger partial charge >= 0.3 is 6.09 Å². The smallest absolute Gasteiger partial charge is 0.469 e. The Morgan fingerprint density at radius 1 is 1.67 bits per heavy atom. The van der Waals surface area contributed by atoms with Gasteiger partial charge in [0.2, 0.25) is 0 Å². The molecule has 0 spiro atoms. The molecule has 0 saturated heterocycles. The van der Waals surface area contributed by atoms with Crippen molar-refractivity contribution in [1.82, 2.24) is 0 Å². The maximum absolute atomic E-state index is 11.2. The van der Waals surface area contributed by atoms with Crippen LogP contribution in [-0.2, 0) is 4.74 Å². The van der Waals surface area contributed by atoms with Gasteiger partial charge in [-0.1, -0.05) is 0 Å². The van der Waals surface area contributed by atoms with Crippen LogP contribution in [0.25, 0.3) is 0 Å². The summed E-state index contributed by atoms with van der Waals surface area (Å²) in [7, 11) is 0. The Labute approximate surface area is 71.3 Å². The minimum absolute atomic E-state index is 0.352. The minimum atomic E-state index is -0.435. The molecule has 4 nitrogen and oxygen atoms in total. The van der Waals surface area contributed by atoms with Crippen molar-refractivity contribution in [2.24, 2.45) is 0 Å². The highest BCUT2D eigenvalue weighted by Gasteiger charge is 2.18. The highest BCUT2D eigenvalue weighted by atomic mass is 16.6. The van der Waals surface area contributed by atoms with E-state index in [0.29, 0.717) is 0 Å². The van der Waals surface area contributed by atoms with Gasteiger partial charge in [-0.3, -0.25) is 4.57 Å². The zero-order chi connectivity index (χ0) is 9.35. The standard InChI is InChI=1S/C8H14N2O2/c1-8(2,3)12-7(11)10-4-6(9)5-10/h4-5H,1-3,9H3. The summed E-state index contributed by atoms with van der Waals surface area (Å²) in [5.41, 5.74) is 4.03. The Hall–Kier alpha value is -1.16. The van der Waals surface area contributed by atoms with Crippen molar-refractivity contribution in [2.45, 2.75) is 26.4 Å². The van der Waals surface area contributed by atoms with E-state index in [9.17, 15) is 4.79 Å². The second kappa shape index (κ2) is 2.71. The minimum Gasteiger partial charge on any atom is -0.469 e. The van der Waals surface area contributed by atoms with E-state index in [2.05, 4.69) is 5.73 Å². The number of hydrogen-bond donors (Lipinski definition) is 1. The second-order valence-electron chi connectivity index (χ2n) is 3.72. The van der Waals surface area contributed by atoms with Gasteiger partial charge in [0.15, 0.2) is 0 Å². The van der Waals surface area contributed by atoms with Crippen LogP contribution < -0.4 is 10.3 Å².